The monoisotopic (exact) mass is 166 g/mol. The molecule has 12 heavy (non-hydrogen) atoms. The Morgan fingerprint density at radius 1 is 1.67 bits per heavy atom. The first-order chi connectivity index (χ1) is 5.92. The molecule has 0 unspecified atom stereocenters. The molecule has 1 aliphatic carbocycles. The Morgan fingerprint density at radius 2 is 2.50 bits per heavy atom. The largest absolute Gasteiger partial charge is 0.363 e. The van der Waals surface area contributed by atoms with Gasteiger partial charge in [-0.05, 0) is 19.3 Å². The number of hydrogen-bond acceptors (Lipinski definition) is 3. The van der Waals surface area contributed by atoms with E-state index in [9.17, 15) is 4.79 Å². The molecule has 64 valence electrons. The van der Waals surface area contributed by atoms with E-state index in [-0.39, 0.29) is 0 Å². The predicted molar refractivity (Wildman–Crippen MR) is 42.7 cm³/mol. The molecule has 0 aliphatic heterocycles. The molecule has 0 radical (unpaired) electrons. The van der Waals surface area contributed by atoms with Crippen molar-refractivity contribution in [1.82, 2.24) is 5.16 Å². The Balaban J connectivity index is 2.12. The lowest BCUT2D eigenvalue weighted by Gasteiger charge is -2.32. The van der Waals surface area contributed by atoms with Gasteiger partial charge in [-0.3, -0.25) is 9.69 Å². The quantitative estimate of drug-likeness (QED) is 0.633. The van der Waals surface area contributed by atoms with Crippen LogP contribution < -0.4 is 4.90 Å². The van der Waals surface area contributed by atoms with Crippen LogP contribution in [0.3, 0.4) is 0 Å². The zero-order valence-electron chi connectivity index (χ0n) is 6.64. The lowest BCUT2D eigenvalue weighted by Crippen LogP contribution is -2.39. The summed E-state index contributed by atoms with van der Waals surface area (Å²) >= 11 is 0. The standard InChI is InChI=1S/C8H10N2O2/c11-6-10(7-2-1-3-7)8-4-5-12-9-8/h4-7H,1-3H2. The Bertz CT molecular complexity index is 254. The second kappa shape index (κ2) is 2.97. The first-order valence-electron chi connectivity index (χ1n) is 4.06. The zero-order chi connectivity index (χ0) is 8.39. The fourth-order valence-electron chi connectivity index (χ4n) is 1.33. The first kappa shape index (κ1) is 7.34. The normalized spacial score (nSPS) is 17.0. The maximum atomic E-state index is 10.7. The molecule has 1 heterocycles. The molecule has 0 atom stereocenters. The highest BCUT2D eigenvalue weighted by atomic mass is 16.5. The molecule has 2 rings (SSSR count). The zero-order valence-corrected chi connectivity index (χ0v) is 6.64. The molecule has 1 amide bonds. The van der Waals surface area contributed by atoms with E-state index in [4.69, 9.17) is 0 Å². The van der Waals surface area contributed by atoms with Gasteiger partial charge in [0.1, 0.15) is 6.26 Å². The molecule has 0 N–H and O–H groups in total. The molecule has 0 spiro atoms. The van der Waals surface area contributed by atoms with E-state index >= 15 is 0 Å². The fraction of sp³-hybridized carbons (Fsp3) is 0.500. The molecule has 1 aliphatic rings. The van der Waals surface area contributed by atoms with Crippen LogP contribution in [-0.4, -0.2) is 17.6 Å². The molecule has 0 bridgehead atoms. The summed E-state index contributed by atoms with van der Waals surface area (Å²) in [6.45, 7) is 0. The fourth-order valence-corrected chi connectivity index (χ4v) is 1.33. The van der Waals surface area contributed by atoms with Crippen LogP contribution in [0.15, 0.2) is 16.9 Å². The summed E-state index contributed by atoms with van der Waals surface area (Å²) in [6, 6.07) is 2.04. The third kappa shape index (κ3) is 1.09. The summed E-state index contributed by atoms with van der Waals surface area (Å²) < 4.78 is 4.67. The van der Waals surface area contributed by atoms with Crippen molar-refractivity contribution in [2.75, 3.05) is 4.90 Å². The van der Waals surface area contributed by atoms with Crippen molar-refractivity contribution in [1.29, 1.82) is 0 Å². The molecular formula is C8H10N2O2. The van der Waals surface area contributed by atoms with E-state index in [0.29, 0.717) is 11.9 Å². The second-order valence-corrected chi connectivity index (χ2v) is 2.96. The van der Waals surface area contributed by atoms with E-state index in [1.54, 1.807) is 11.0 Å². The van der Waals surface area contributed by atoms with Crippen molar-refractivity contribution in [3.8, 4) is 0 Å². The minimum Gasteiger partial charge on any atom is -0.363 e. The van der Waals surface area contributed by atoms with Crippen molar-refractivity contribution in [3.05, 3.63) is 12.3 Å². The Labute approximate surface area is 70.1 Å². The third-order valence-corrected chi connectivity index (χ3v) is 2.27. The van der Waals surface area contributed by atoms with Crippen LogP contribution in [0, 0.1) is 0 Å². The summed E-state index contributed by atoms with van der Waals surface area (Å²) in [4.78, 5) is 12.3. The smallest absolute Gasteiger partial charge is 0.215 e. The molecule has 4 nitrogen and oxygen atoms in total. The van der Waals surface area contributed by atoms with Crippen LogP contribution >= 0.6 is 0 Å². The summed E-state index contributed by atoms with van der Waals surface area (Å²) in [5, 5.41) is 3.71. The van der Waals surface area contributed by atoms with Gasteiger partial charge in [0.25, 0.3) is 0 Å². The number of hydrogen-bond donors (Lipinski definition) is 0. The third-order valence-electron chi connectivity index (χ3n) is 2.27. The SMILES string of the molecule is O=CN(c1ccon1)C1CCC1. The summed E-state index contributed by atoms with van der Waals surface area (Å²) in [5.41, 5.74) is 0. The number of carbonyl (C=O) groups excluding carboxylic acids is 1. The molecule has 1 aromatic rings. The van der Waals surface area contributed by atoms with Crippen LogP contribution in [0.5, 0.6) is 0 Å². The average molecular weight is 166 g/mol. The number of nitrogens with zero attached hydrogens (tertiary/aromatic N) is 2. The van der Waals surface area contributed by atoms with Crippen LogP contribution in [-0.2, 0) is 4.79 Å². The number of aromatic nitrogens is 1. The second-order valence-electron chi connectivity index (χ2n) is 2.96. The molecule has 1 saturated carbocycles. The van der Waals surface area contributed by atoms with E-state index in [0.717, 1.165) is 19.3 Å². The number of anilines is 1. The van der Waals surface area contributed by atoms with Gasteiger partial charge in [0.15, 0.2) is 5.82 Å². The summed E-state index contributed by atoms with van der Waals surface area (Å²) in [7, 11) is 0. The van der Waals surface area contributed by atoms with Crippen molar-refractivity contribution >= 4 is 12.2 Å². The Kier molecular flexibility index (Phi) is 1.81. The van der Waals surface area contributed by atoms with E-state index in [1.165, 1.54) is 12.7 Å². The van der Waals surface area contributed by atoms with Gasteiger partial charge in [-0.25, -0.2) is 0 Å². The molecule has 0 saturated heterocycles. The van der Waals surface area contributed by atoms with Gasteiger partial charge in [0.2, 0.25) is 6.41 Å². The average Bonchev–Trinajstić information content (AvgIpc) is 2.47. The number of carbonyl (C=O) groups is 1. The van der Waals surface area contributed by atoms with Crippen molar-refractivity contribution < 1.29 is 9.32 Å². The van der Waals surface area contributed by atoms with Gasteiger partial charge < -0.3 is 4.52 Å². The van der Waals surface area contributed by atoms with Crippen molar-refractivity contribution in [2.24, 2.45) is 0 Å². The lowest BCUT2D eigenvalue weighted by atomic mass is 9.92. The maximum Gasteiger partial charge on any atom is 0.215 e. The Morgan fingerprint density at radius 3 is 2.92 bits per heavy atom. The van der Waals surface area contributed by atoms with E-state index < -0.39 is 0 Å². The number of rotatable bonds is 3. The van der Waals surface area contributed by atoms with Crippen molar-refractivity contribution in [2.45, 2.75) is 25.3 Å². The van der Waals surface area contributed by atoms with Gasteiger partial charge in [-0.2, -0.15) is 0 Å². The maximum absolute atomic E-state index is 10.7. The van der Waals surface area contributed by atoms with E-state index in [1.807, 2.05) is 0 Å². The highest BCUT2D eigenvalue weighted by Gasteiger charge is 2.26. The van der Waals surface area contributed by atoms with Gasteiger partial charge in [0.05, 0.1) is 0 Å². The molecule has 0 aromatic carbocycles. The highest BCUT2D eigenvalue weighted by Crippen LogP contribution is 2.26. The van der Waals surface area contributed by atoms with Crippen LogP contribution in [0.4, 0.5) is 5.82 Å². The van der Waals surface area contributed by atoms with Gasteiger partial charge in [-0.15, -0.1) is 0 Å². The molecule has 1 aromatic heterocycles. The number of amides is 1. The minimum absolute atomic E-state index is 0.340. The highest BCUT2D eigenvalue weighted by molar-refractivity contribution is 5.73. The Hall–Kier alpha value is -1.32. The predicted octanol–water partition coefficient (Wildman–Crippen LogP) is 1.19. The van der Waals surface area contributed by atoms with Crippen molar-refractivity contribution in [3.63, 3.8) is 0 Å². The topological polar surface area (TPSA) is 46.3 Å². The summed E-state index contributed by atoms with van der Waals surface area (Å²) in [6.07, 6.45) is 5.65. The molecule has 4 heteroatoms. The minimum atomic E-state index is 0.340. The van der Waals surface area contributed by atoms with Crippen LogP contribution in [0.2, 0.25) is 0 Å². The van der Waals surface area contributed by atoms with Gasteiger partial charge in [-0.1, -0.05) is 5.16 Å². The van der Waals surface area contributed by atoms with Crippen LogP contribution in [0.25, 0.3) is 0 Å². The van der Waals surface area contributed by atoms with E-state index in [2.05, 4.69) is 9.68 Å². The van der Waals surface area contributed by atoms with Crippen LogP contribution in [0.1, 0.15) is 19.3 Å². The molecule has 1 fully saturated rings. The van der Waals surface area contributed by atoms with Gasteiger partial charge >= 0.3 is 0 Å². The lowest BCUT2D eigenvalue weighted by molar-refractivity contribution is -0.108. The van der Waals surface area contributed by atoms with Gasteiger partial charge in [0, 0.05) is 12.1 Å². The first-order valence-corrected chi connectivity index (χ1v) is 4.06. The summed E-state index contributed by atoms with van der Waals surface area (Å²) in [5.74, 6) is 0.620. The molecular weight excluding hydrogens is 156 g/mol.